The van der Waals surface area contributed by atoms with E-state index in [4.69, 9.17) is 4.74 Å². The highest BCUT2D eigenvalue weighted by molar-refractivity contribution is 5.94. The highest BCUT2D eigenvalue weighted by Gasteiger charge is 2.21. The molecule has 1 amide bonds. The van der Waals surface area contributed by atoms with Crippen LogP contribution in [-0.4, -0.2) is 29.4 Å². The molecule has 0 spiro atoms. The summed E-state index contributed by atoms with van der Waals surface area (Å²) < 4.78 is 35.8. The topological polar surface area (TPSA) is 55.6 Å². The van der Waals surface area contributed by atoms with E-state index in [9.17, 15) is 13.6 Å². The number of carbonyl (C=O) groups excluding carboxylic acids is 1. The van der Waals surface area contributed by atoms with Crippen molar-refractivity contribution in [3.05, 3.63) is 53.4 Å². The van der Waals surface area contributed by atoms with Gasteiger partial charge < -0.3 is 14.5 Å². The first kappa shape index (κ1) is 15.9. The first-order valence-corrected chi connectivity index (χ1v) is 7.20. The first-order valence-electron chi connectivity index (χ1n) is 7.20. The minimum Gasteiger partial charge on any atom is -0.497 e. The Hall–Kier alpha value is -2.96. The molecule has 5 nitrogen and oxygen atoms in total. The lowest BCUT2D eigenvalue weighted by Crippen LogP contribution is -2.18. The van der Waals surface area contributed by atoms with Gasteiger partial charge in [-0.25, -0.2) is 13.8 Å². The number of amides is 1. The fourth-order valence-corrected chi connectivity index (χ4v) is 2.59. The van der Waals surface area contributed by atoms with Crippen LogP contribution < -0.4 is 10.1 Å². The maximum absolute atomic E-state index is 14.5. The monoisotopic (exact) mass is 331 g/mol. The Morgan fingerprint density at radius 3 is 2.50 bits per heavy atom. The normalized spacial score (nSPS) is 10.9. The van der Waals surface area contributed by atoms with E-state index in [0.29, 0.717) is 17.1 Å². The molecule has 3 aromatic rings. The number of methoxy groups -OCH3 is 1. The number of imidazole rings is 1. The Morgan fingerprint density at radius 1 is 1.25 bits per heavy atom. The van der Waals surface area contributed by atoms with Gasteiger partial charge in [-0.05, 0) is 25.1 Å². The van der Waals surface area contributed by atoms with Crippen LogP contribution in [0.2, 0.25) is 0 Å². The Labute approximate surface area is 136 Å². The van der Waals surface area contributed by atoms with Crippen molar-refractivity contribution < 1.29 is 18.3 Å². The maximum Gasteiger partial charge on any atom is 0.251 e. The number of rotatable bonds is 3. The molecule has 1 aromatic carbocycles. The van der Waals surface area contributed by atoms with Gasteiger partial charge in [0.05, 0.1) is 18.4 Å². The van der Waals surface area contributed by atoms with Crippen LogP contribution in [0.1, 0.15) is 16.1 Å². The summed E-state index contributed by atoms with van der Waals surface area (Å²) in [4.78, 5) is 15.9. The largest absolute Gasteiger partial charge is 0.497 e. The Morgan fingerprint density at radius 2 is 1.92 bits per heavy atom. The van der Waals surface area contributed by atoms with E-state index in [1.807, 2.05) is 0 Å². The van der Waals surface area contributed by atoms with Gasteiger partial charge in [0.25, 0.3) is 5.91 Å². The minimum atomic E-state index is -0.841. The molecular formula is C17H15F2N3O2. The molecule has 0 aliphatic carbocycles. The number of nitrogens with zero attached hydrogens (tertiary/aromatic N) is 2. The van der Waals surface area contributed by atoms with Crippen LogP contribution in [0.4, 0.5) is 8.78 Å². The molecule has 0 aliphatic rings. The van der Waals surface area contributed by atoms with Crippen LogP contribution in [0.5, 0.6) is 5.75 Å². The molecular weight excluding hydrogens is 316 g/mol. The number of hydrogen-bond donors (Lipinski definition) is 1. The van der Waals surface area contributed by atoms with Crippen LogP contribution in [-0.2, 0) is 0 Å². The SMILES string of the molecule is CNC(=O)c1cc(F)c(-c2nc3cc(OC)ccn3c2C)c(F)c1. The molecule has 0 unspecified atom stereocenters. The Bertz CT molecular complexity index is 927. The van der Waals surface area contributed by atoms with Gasteiger partial charge in [-0.1, -0.05) is 0 Å². The molecule has 1 N–H and O–H groups in total. The predicted octanol–water partition coefficient (Wildman–Crippen LogP) is 2.96. The standard InChI is InChI=1S/C17H15F2N3O2/c1-9-16(21-14-8-11(24-3)4-5-22(9)14)15-12(18)6-10(7-13(15)19)17(23)20-2/h4-8H,1-3H3,(H,20,23). The number of aryl methyl sites for hydroxylation is 1. The van der Waals surface area contributed by atoms with Crippen molar-refractivity contribution >= 4 is 11.6 Å². The molecule has 0 saturated carbocycles. The highest BCUT2D eigenvalue weighted by Crippen LogP contribution is 2.30. The molecule has 2 aromatic heterocycles. The van der Waals surface area contributed by atoms with Crippen LogP contribution >= 0.6 is 0 Å². The van der Waals surface area contributed by atoms with E-state index in [-0.39, 0.29) is 16.8 Å². The third kappa shape index (κ3) is 2.47. The molecule has 124 valence electrons. The number of fused-ring (bicyclic) bond motifs is 1. The average molecular weight is 331 g/mol. The van der Waals surface area contributed by atoms with Crippen LogP contribution in [0.15, 0.2) is 30.5 Å². The van der Waals surface area contributed by atoms with E-state index in [0.717, 1.165) is 12.1 Å². The summed E-state index contributed by atoms with van der Waals surface area (Å²) in [7, 11) is 2.92. The predicted molar refractivity (Wildman–Crippen MR) is 85.2 cm³/mol. The quantitative estimate of drug-likeness (QED) is 0.803. The van der Waals surface area contributed by atoms with Gasteiger partial charge >= 0.3 is 0 Å². The van der Waals surface area contributed by atoms with E-state index in [1.165, 1.54) is 14.2 Å². The molecule has 3 rings (SSSR count). The molecule has 24 heavy (non-hydrogen) atoms. The third-order valence-electron chi connectivity index (χ3n) is 3.84. The van der Waals surface area contributed by atoms with Crippen molar-refractivity contribution in [2.75, 3.05) is 14.2 Å². The fraction of sp³-hybridized carbons (Fsp3) is 0.176. The van der Waals surface area contributed by atoms with Gasteiger partial charge in [-0.15, -0.1) is 0 Å². The van der Waals surface area contributed by atoms with E-state index < -0.39 is 17.5 Å². The van der Waals surface area contributed by atoms with Crippen molar-refractivity contribution in [2.24, 2.45) is 0 Å². The molecule has 0 radical (unpaired) electrons. The summed E-state index contributed by atoms with van der Waals surface area (Å²) in [5, 5.41) is 2.33. The highest BCUT2D eigenvalue weighted by atomic mass is 19.1. The van der Waals surface area contributed by atoms with Crippen LogP contribution in [0, 0.1) is 18.6 Å². The lowest BCUT2D eigenvalue weighted by atomic mass is 10.1. The minimum absolute atomic E-state index is 0.0839. The third-order valence-corrected chi connectivity index (χ3v) is 3.84. The van der Waals surface area contributed by atoms with Crippen LogP contribution in [0.3, 0.4) is 0 Å². The van der Waals surface area contributed by atoms with Gasteiger partial charge in [0.1, 0.15) is 23.0 Å². The molecule has 0 fully saturated rings. The zero-order chi connectivity index (χ0) is 17.4. The van der Waals surface area contributed by atoms with Gasteiger partial charge in [0, 0.05) is 30.6 Å². The number of aromatic nitrogens is 2. The van der Waals surface area contributed by atoms with Crippen molar-refractivity contribution in [1.29, 1.82) is 0 Å². The number of pyridine rings is 1. The number of carbonyl (C=O) groups is 1. The maximum atomic E-state index is 14.5. The second kappa shape index (κ2) is 5.92. The van der Waals surface area contributed by atoms with Crippen molar-refractivity contribution in [1.82, 2.24) is 14.7 Å². The number of ether oxygens (including phenoxy) is 1. The smallest absolute Gasteiger partial charge is 0.251 e. The summed E-state index contributed by atoms with van der Waals surface area (Å²) >= 11 is 0. The van der Waals surface area contributed by atoms with Gasteiger partial charge in [0.15, 0.2) is 0 Å². The summed E-state index contributed by atoms with van der Waals surface area (Å²) in [5.41, 5.74) is 0.929. The fourth-order valence-electron chi connectivity index (χ4n) is 2.59. The first-order chi connectivity index (χ1) is 11.5. The van der Waals surface area contributed by atoms with E-state index >= 15 is 0 Å². The second-order valence-electron chi connectivity index (χ2n) is 5.23. The molecule has 7 heteroatoms. The van der Waals surface area contributed by atoms with Crippen molar-refractivity contribution in [3.8, 4) is 17.0 Å². The zero-order valence-corrected chi connectivity index (χ0v) is 13.4. The summed E-state index contributed by atoms with van der Waals surface area (Å²) in [5.74, 6) is -1.65. The van der Waals surface area contributed by atoms with Crippen LogP contribution in [0.25, 0.3) is 16.9 Å². The van der Waals surface area contributed by atoms with Gasteiger partial charge in [0.2, 0.25) is 0 Å². The summed E-state index contributed by atoms with van der Waals surface area (Å²) in [6.45, 7) is 1.72. The van der Waals surface area contributed by atoms with Gasteiger partial charge in [-0.3, -0.25) is 4.79 Å². The number of hydrogen-bond acceptors (Lipinski definition) is 3. The molecule has 0 aliphatic heterocycles. The molecule has 0 atom stereocenters. The van der Waals surface area contributed by atoms with E-state index in [2.05, 4.69) is 10.3 Å². The molecule has 0 saturated heterocycles. The van der Waals surface area contributed by atoms with Gasteiger partial charge in [-0.2, -0.15) is 0 Å². The lowest BCUT2D eigenvalue weighted by Gasteiger charge is -2.07. The van der Waals surface area contributed by atoms with Crippen molar-refractivity contribution in [3.63, 3.8) is 0 Å². The average Bonchev–Trinajstić information content (AvgIpc) is 2.89. The Kier molecular flexibility index (Phi) is 3.92. The summed E-state index contributed by atoms with van der Waals surface area (Å²) in [6.07, 6.45) is 1.72. The van der Waals surface area contributed by atoms with Crippen molar-refractivity contribution in [2.45, 2.75) is 6.92 Å². The number of benzene rings is 1. The number of nitrogens with one attached hydrogen (secondary N) is 1. The molecule has 2 heterocycles. The lowest BCUT2D eigenvalue weighted by molar-refractivity contribution is 0.0962. The zero-order valence-electron chi connectivity index (χ0n) is 13.4. The number of halogens is 2. The molecule has 0 bridgehead atoms. The van der Waals surface area contributed by atoms with E-state index in [1.54, 1.807) is 29.7 Å². The Balaban J connectivity index is 2.20. The second-order valence-corrected chi connectivity index (χ2v) is 5.23. The summed E-state index contributed by atoms with van der Waals surface area (Å²) in [6, 6.07) is 5.40.